The fourth-order valence-corrected chi connectivity index (χ4v) is 2.86. The summed E-state index contributed by atoms with van der Waals surface area (Å²) in [5.41, 5.74) is 6.45. The van der Waals surface area contributed by atoms with Gasteiger partial charge in [-0.25, -0.2) is 0 Å². The van der Waals surface area contributed by atoms with Gasteiger partial charge in [-0.2, -0.15) is 5.10 Å². The van der Waals surface area contributed by atoms with E-state index in [0.29, 0.717) is 23.8 Å². The molecule has 122 valence electrons. The minimum absolute atomic E-state index is 0.0330. The molecule has 0 spiro atoms. The summed E-state index contributed by atoms with van der Waals surface area (Å²) in [5, 5.41) is 4.08. The van der Waals surface area contributed by atoms with Gasteiger partial charge in [0.05, 0.1) is 18.9 Å². The van der Waals surface area contributed by atoms with Crippen LogP contribution in [0, 0.1) is 5.92 Å². The monoisotopic (exact) mass is 307 g/mol. The normalized spacial score (nSPS) is 22.7. The molecule has 2 aliphatic rings. The number of ether oxygens (including phenoxy) is 1. The van der Waals surface area contributed by atoms with Crippen molar-refractivity contribution < 1.29 is 9.53 Å². The summed E-state index contributed by atoms with van der Waals surface area (Å²) in [6, 6.07) is 0. The Labute approximate surface area is 131 Å². The van der Waals surface area contributed by atoms with Crippen LogP contribution in [-0.2, 0) is 11.8 Å². The van der Waals surface area contributed by atoms with Gasteiger partial charge in [0.15, 0.2) is 0 Å². The van der Waals surface area contributed by atoms with Crippen LogP contribution in [-0.4, -0.2) is 71.4 Å². The maximum atomic E-state index is 12.8. The number of hydrogen-bond donors (Lipinski definition) is 1. The Bertz CT molecular complexity index is 540. The number of anilines is 1. The molecule has 7 heteroatoms. The molecule has 0 bridgehead atoms. The quantitative estimate of drug-likeness (QED) is 0.840. The van der Waals surface area contributed by atoms with Crippen molar-refractivity contribution in [1.29, 1.82) is 0 Å². The molecule has 1 saturated heterocycles. The van der Waals surface area contributed by atoms with Gasteiger partial charge in [-0.1, -0.05) is 0 Å². The van der Waals surface area contributed by atoms with Gasteiger partial charge in [-0.15, -0.1) is 0 Å². The van der Waals surface area contributed by atoms with E-state index in [0.717, 1.165) is 26.2 Å². The molecule has 1 aromatic rings. The van der Waals surface area contributed by atoms with E-state index in [-0.39, 0.29) is 12.0 Å². The highest BCUT2D eigenvalue weighted by atomic mass is 16.5. The molecule has 3 rings (SSSR count). The minimum Gasteiger partial charge on any atom is -0.383 e. The second kappa shape index (κ2) is 6.26. The number of morpholine rings is 1. The number of hydrogen-bond acceptors (Lipinski definition) is 5. The highest BCUT2D eigenvalue weighted by Gasteiger charge is 2.31. The molecule has 1 saturated carbocycles. The largest absolute Gasteiger partial charge is 0.383 e. The number of carbonyl (C=O) groups is 1. The Balaban J connectivity index is 1.71. The van der Waals surface area contributed by atoms with Crippen LogP contribution in [0.5, 0.6) is 0 Å². The number of aryl methyl sites for hydroxylation is 1. The lowest BCUT2D eigenvalue weighted by Gasteiger charge is -2.34. The van der Waals surface area contributed by atoms with Gasteiger partial charge < -0.3 is 20.3 Å². The Kier molecular flexibility index (Phi) is 4.35. The van der Waals surface area contributed by atoms with Crippen LogP contribution in [0.15, 0.2) is 6.20 Å². The summed E-state index contributed by atoms with van der Waals surface area (Å²) in [7, 11) is 3.83. The average Bonchev–Trinajstić information content (AvgIpc) is 3.24. The highest BCUT2D eigenvalue weighted by molar-refractivity contribution is 5.98. The zero-order valence-corrected chi connectivity index (χ0v) is 13.4. The molecular formula is C15H25N5O2. The Hall–Kier alpha value is -1.60. The second-order valence-corrected chi connectivity index (χ2v) is 6.48. The summed E-state index contributed by atoms with van der Waals surface area (Å²) >= 11 is 0. The van der Waals surface area contributed by atoms with Gasteiger partial charge in [0, 0.05) is 33.2 Å². The van der Waals surface area contributed by atoms with Crippen LogP contribution in [0.2, 0.25) is 0 Å². The first-order valence-electron chi connectivity index (χ1n) is 7.91. The molecule has 7 nitrogen and oxygen atoms in total. The van der Waals surface area contributed by atoms with Crippen molar-refractivity contribution in [3.05, 3.63) is 11.8 Å². The van der Waals surface area contributed by atoms with Crippen molar-refractivity contribution in [3.8, 4) is 0 Å². The van der Waals surface area contributed by atoms with Crippen LogP contribution in [0.25, 0.3) is 0 Å². The highest BCUT2D eigenvalue weighted by Crippen LogP contribution is 2.30. The van der Waals surface area contributed by atoms with Crippen molar-refractivity contribution in [2.75, 3.05) is 45.6 Å². The average molecular weight is 307 g/mol. The van der Waals surface area contributed by atoms with Gasteiger partial charge in [-0.3, -0.25) is 9.48 Å². The summed E-state index contributed by atoms with van der Waals surface area (Å²) < 4.78 is 7.35. The first kappa shape index (κ1) is 15.3. The first-order chi connectivity index (χ1) is 10.5. The van der Waals surface area contributed by atoms with Gasteiger partial charge >= 0.3 is 0 Å². The predicted molar refractivity (Wildman–Crippen MR) is 83.5 cm³/mol. The Morgan fingerprint density at radius 1 is 1.45 bits per heavy atom. The molecule has 0 radical (unpaired) electrons. The number of rotatable bonds is 5. The molecule has 1 aliphatic heterocycles. The molecule has 1 aliphatic carbocycles. The second-order valence-electron chi connectivity index (χ2n) is 6.48. The van der Waals surface area contributed by atoms with Gasteiger partial charge in [0.1, 0.15) is 11.4 Å². The van der Waals surface area contributed by atoms with Gasteiger partial charge in [0.2, 0.25) is 0 Å². The summed E-state index contributed by atoms with van der Waals surface area (Å²) in [6.45, 7) is 3.94. The Morgan fingerprint density at radius 2 is 2.23 bits per heavy atom. The number of nitrogens with zero attached hydrogens (tertiary/aromatic N) is 4. The molecule has 22 heavy (non-hydrogen) atoms. The summed E-state index contributed by atoms with van der Waals surface area (Å²) in [6.07, 6.45) is 4.04. The van der Waals surface area contributed by atoms with E-state index in [2.05, 4.69) is 17.0 Å². The topological polar surface area (TPSA) is 76.6 Å². The first-order valence-corrected chi connectivity index (χ1v) is 7.91. The van der Waals surface area contributed by atoms with Crippen LogP contribution in [0.4, 0.5) is 5.82 Å². The lowest BCUT2D eigenvalue weighted by molar-refractivity contribution is -0.0331. The predicted octanol–water partition coefficient (Wildman–Crippen LogP) is 0.185. The van der Waals surface area contributed by atoms with Crippen molar-refractivity contribution in [2.45, 2.75) is 18.9 Å². The number of aromatic nitrogens is 2. The molecule has 2 fully saturated rings. The van der Waals surface area contributed by atoms with E-state index in [1.54, 1.807) is 13.2 Å². The van der Waals surface area contributed by atoms with Crippen LogP contribution >= 0.6 is 0 Å². The standard InChI is InChI=1S/C15H25N5O2/c1-18-5-6-22-12(9-18)10-20(8-11-3-4-11)15(21)13-7-17-19(2)14(13)16/h7,11-12H,3-6,8-10,16H2,1-2H3/t12-/m1/s1. The zero-order chi connectivity index (χ0) is 15.7. The van der Waals surface area contributed by atoms with E-state index >= 15 is 0 Å². The van der Waals surface area contributed by atoms with Crippen molar-refractivity contribution in [3.63, 3.8) is 0 Å². The Morgan fingerprint density at radius 3 is 2.82 bits per heavy atom. The maximum absolute atomic E-state index is 12.8. The fraction of sp³-hybridized carbons (Fsp3) is 0.733. The molecule has 2 heterocycles. The van der Waals surface area contributed by atoms with Crippen LogP contribution < -0.4 is 5.73 Å². The third-order valence-electron chi connectivity index (χ3n) is 4.44. The van der Waals surface area contributed by atoms with Gasteiger partial charge in [-0.05, 0) is 25.8 Å². The lowest BCUT2D eigenvalue weighted by Crippen LogP contribution is -2.48. The molecule has 1 aromatic heterocycles. The number of nitrogen functional groups attached to an aromatic ring is 1. The minimum atomic E-state index is -0.0330. The summed E-state index contributed by atoms with van der Waals surface area (Å²) in [4.78, 5) is 17.0. The van der Waals surface area contributed by atoms with E-state index in [9.17, 15) is 4.79 Å². The summed E-state index contributed by atoms with van der Waals surface area (Å²) in [5.74, 6) is 1.02. The van der Waals surface area contributed by atoms with E-state index in [4.69, 9.17) is 10.5 Å². The number of likely N-dealkylation sites (N-methyl/N-ethyl adjacent to an activating group) is 1. The molecule has 1 amide bonds. The number of nitrogens with two attached hydrogens (primary N) is 1. The molecule has 1 atom stereocenters. The number of amides is 1. The zero-order valence-electron chi connectivity index (χ0n) is 13.4. The van der Waals surface area contributed by atoms with Crippen molar-refractivity contribution >= 4 is 11.7 Å². The van der Waals surface area contributed by atoms with Crippen LogP contribution in [0.3, 0.4) is 0 Å². The number of carbonyl (C=O) groups excluding carboxylic acids is 1. The van der Waals surface area contributed by atoms with Crippen molar-refractivity contribution in [1.82, 2.24) is 19.6 Å². The molecular weight excluding hydrogens is 282 g/mol. The van der Waals surface area contributed by atoms with E-state index in [1.165, 1.54) is 17.5 Å². The van der Waals surface area contributed by atoms with E-state index in [1.807, 2.05) is 4.90 Å². The van der Waals surface area contributed by atoms with Gasteiger partial charge in [0.25, 0.3) is 5.91 Å². The van der Waals surface area contributed by atoms with Crippen molar-refractivity contribution in [2.24, 2.45) is 13.0 Å². The lowest BCUT2D eigenvalue weighted by atomic mass is 10.2. The maximum Gasteiger partial charge on any atom is 0.259 e. The third kappa shape index (κ3) is 3.41. The smallest absolute Gasteiger partial charge is 0.259 e. The van der Waals surface area contributed by atoms with E-state index < -0.39 is 0 Å². The molecule has 2 N–H and O–H groups in total. The van der Waals surface area contributed by atoms with Crippen LogP contribution in [0.1, 0.15) is 23.2 Å². The third-order valence-corrected chi connectivity index (χ3v) is 4.44. The molecule has 0 unspecified atom stereocenters. The fourth-order valence-electron chi connectivity index (χ4n) is 2.86. The SMILES string of the molecule is CN1CCO[C@@H](CN(CC2CC2)C(=O)c2cnn(C)c2N)C1. The molecule has 0 aromatic carbocycles.